The quantitative estimate of drug-likeness (QED) is 0.431. The second kappa shape index (κ2) is 9.42. The molecule has 0 aliphatic rings. The van der Waals surface area contributed by atoms with Gasteiger partial charge in [-0.2, -0.15) is 5.10 Å². The van der Waals surface area contributed by atoms with Crippen LogP contribution in [0.15, 0.2) is 70.9 Å². The SMILES string of the molecule is CCOC(=O)C/C(=N/N=C(c1ccccc1)c1ccccc1)C(F)F. The van der Waals surface area contributed by atoms with Crippen molar-refractivity contribution in [3.8, 4) is 0 Å². The summed E-state index contributed by atoms with van der Waals surface area (Å²) in [5, 5.41) is 7.67. The molecule has 0 aliphatic carbocycles. The first-order valence-electron chi connectivity index (χ1n) is 7.80. The Hall–Kier alpha value is -2.89. The summed E-state index contributed by atoms with van der Waals surface area (Å²) in [5.41, 5.74) is 1.30. The van der Waals surface area contributed by atoms with Gasteiger partial charge >= 0.3 is 5.97 Å². The summed E-state index contributed by atoms with van der Waals surface area (Å²) in [6.45, 7) is 1.73. The first-order valence-corrected chi connectivity index (χ1v) is 7.80. The summed E-state index contributed by atoms with van der Waals surface area (Å²) in [7, 11) is 0. The van der Waals surface area contributed by atoms with Crippen LogP contribution in [0.3, 0.4) is 0 Å². The molecule has 6 heteroatoms. The minimum Gasteiger partial charge on any atom is -0.466 e. The fourth-order valence-corrected chi connectivity index (χ4v) is 2.10. The van der Waals surface area contributed by atoms with Crippen molar-refractivity contribution >= 4 is 17.4 Å². The molecule has 0 heterocycles. The average molecular weight is 344 g/mol. The van der Waals surface area contributed by atoms with Crippen LogP contribution in [0.2, 0.25) is 0 Å². The standard InChI is InChI=1S/C19H18F2N2O2/c1-2-25-17(24)13-16(19(20)21)22-23-18(14-9-5-3-6-10-14)15-11-7-4-8-12-15/h3-12,19H,2,13H2,1H3/b22-16-. The number of halogens is 2. The summed E-state index contributed by atoms with van der Waals surface area (Å²) < 4.78 is 31.0. The lowest BCUT2D eigenvalue weighted by molar-refractivity contribution is -0.141. The number of hydrogen-bond donors (Lipinski definition) is 0. The Labute approximate surface area is 144 Å². The highest BCUT2D eigenvalue weighted by molar-refractivity contribution is 6.13. The Bertz CT molecular complexity index is 703. The summed E-state index contributed by atoms with van der Waals surface area (Å²) in [6.07, 6.45) is -3.48. The number of alkyl halides is 2. The van der Waals surface area contributed by atoms with Crippen LogP contribution in [0.4, 0.5) is 8.78 Å². The molecule has 0 spiro atoms. The Morgan fingerprint density at radius 2 is 1.48 bits per heavy atom. The van der Waals surface area contributed by atoms with E-state index in [1.165, 1.54) is 0 Å². The summed E-state index contributed by atoms with van der Waals surface area (Å²) >= 11 is 0. The maximum absolute atomic E-state index is 13.1. The molecule has 2 aromatic rings. The molecule has 0 aromatic heterocycles. The molecule has 2 rings (SSSR count). The van der Waals surface area contributed by atoms with Crippen molar-refractivity contribution in [3.05, 3.63) is 71.8 Å². The van der Waals surface area contributed by atoms with Crippen LogP contribution >= 0.6 is 0 Å². The van der Waals surface area contributed by atoms with E-state index >= 15 is 0 Å². The molecule has 0 aliphatic heterocycles. The van der Waals surface area contributed by atoms with Crippen molar-refractivity contribution in [2.75, 3.05) is 6.61 Å². The van der Waals surface area contributed by atoms with Crippen molar-refractivity contribution in [2.24, 2.45) is 10.2 Å². The van der Waals surface area contributed by atoms with Gasteiger partial charge in [0.2, 0.25) is 0 Å². The van der Waals surface area contributed by atoms with Crippen LogP contribution in [0, 0.1) is 0 Å². The van der Waals surface area contributed by atoms with E-state index in [0.29, 0.717) is 5.71 Å². The summed E-state index contributed by atoms with van der Waals surface area (Å²) in [5.74, 6) is -0.752. The van der Waals surface area contributed by atoms with Gasteiger partial charge in [0.05, 0.1) is 13.0 Å². The van der Waals surface area contributed by atoms with Gasteiger partial charge in [-0.1, -0.05) is 60.7 Å². The number of benzene rings is 2. The lowest BCUT2D eigenvalue weighted by atomic mass is 10.0. The Morgan fingerprint density at radius 3 is 1.92 bits per heavy atom. The zero-order valence-electron chi connectivity index (χ0n) is 13.7. The number of carbonyl (C=O) groups is 1. The van der Waals surface area contributed by atoms with Gasteiger partial charge in [0.25, 0.3) is 6.43 Å². The third kappa shape index (κ3) is 5.60. The zero-order chi connectivity index (χ0) is 18.1. The number of carbonyl (C=O) groups excluding carboxylic acids is 1. The van der Waals surface area contributed by atoms with Gasteiger partial charge in [-0.25, -0.2) is 8.78 Å². The molecule has 0 atom stereocenters. The van der Waals surface area contributed by atoms with Gasteiger partial charge in [-0.05, 0) is 6.92 Å². The highest BCUT2D eigenvalue weighted by Gasteiger charge is 2.18. The largest absolute Gasteiger partial charge is 0.466 e. The normalized spacial score (nSPS) is 11.3. The molecular weight excluding hydrogens is 326 g/mol. The molecule has 0 bridgehead atoms. The van der Waals surface area contributed by atoms with Gasteiger partial charge in [0.1, 0.15) is 11.4 Å². The van der Waals surface area contributed by atoms with Crippen molar-refractivity contribution < 1.29 is 18.3 Å². The monoisotopic (exact) mass is 344 g/mol. The van der Waals surface area contributed by atoms with E-state index in [-0.39, 0.29) is 6.61 Å². The van der Waals surface area contributed by atoms with Gasteiger partial charge in [0, 0.05) is 11.1 Å². The van der Waals surface area contributed by atoms with Crippen molar-refractivity contribution in [3.63, 3.8) is 0 Å². The van der Waals surface area contributed by atoms with Gasteiger partial charge in [0.15, 0.2) is 0 Å². The molecule has 0 radical (unpaired) electrons. The Kier molecular flexibility index (Phi) is 6.95. The van der Waals surface area contributed by atoms with Crippen LogP contribution in [0.25, 0.3) is 0 Å². The lowest BCUT2D eigenvalue weighted by Gasteiger charge is -2.07. The van der Waals surface area contributed by atoms with Crippen LogP contribution in [-0.2, 0) is 9.53 Å². The van der Waals surface area contributed by atoms with Crippen LogP contribution in [0.5, 0.6) is 0 Å². The van der Waals surface area contributed by atoms with E-state index in [2.05, 4.69) is 10.2 Å². The van der Waals surface area contributed by atoms with E-state index in [4.69, 9.17) is 4.74 Å². The molecule has 4 nitrogen and oxygen atoms in total. The molecular formula is C19H18F2N2O2. The molecule has 0 fully saturated rings. The van der Waals surface area contributed by atoms with Crippen molar-refractivity contribution in [1.29, 1.82) is 0 Å². The fraction of sp³-hybridized carbons (Fsp3) is 0.211. The maximum Gasteiger partial charge on any atom is 0.311 e. The van der Waals surface area contributed by atoms with Crippen molar-refractivity contribution in [2.45, 2.75) is 19.8 Å². The number of rotatable bonds is 7. The number of ether oxygens (including phenoxy) is 1. The highest BCUT2D eigenvalue weighted by Crippen LogP contribution is 2.12. The Balaban J connectivity index is 2.40. The summed E-state index contributed by atoms with van der Waals surface area (Å²) in [6, 6.07) is 18.2. The van der Waals surface area contributed by atoms with E-state index in [9.17, 15) is 13.6 Å². The van der Waals surface area contributed by atoms with Gasteiger partial charge in [-0.15, -0.1) is 5.10 Å². The molecule has 0 N–H and O–H groups in total. The van der Waals surface area contributed by atoms with E-state index < -0.39 is 24.5 Å². The average Bonchev–Trinajstić information content (AvgIpc) is 2.63. The van der Waals surface area contributed by atoms with Gasteiger partial charge < -0.3 is 4.74 Å². The second-order valence-electron chi connectivity index (χ2n) is 5.05. The lowest BCUT2D eigenvalue weighted by Crippen LogP contribution is -2.18. The third-order valence-electron chi connectivity index (χ3n) is 3.26. The molecule has 2 aromatic carbocycles. The molecule has 25 heavy (non-hydrogen) atoms. The van der Waals surface area contributed by atoms with Gasteiger partial charge in [-0.3, -0.25) is 4.79 Å². The Morgan fingerprint density at radius 1 is 0.960 bits per heavy atom. The smallest absolute Gasteiger partial charge is 0.311 e. The molecule has 0 saturated carbocycles. The topological polar surface area (TPSA) is 51.0 Å². The van der Waals surface area contributed by atoms with E-state index in [0.717, 1.165) is 11.1 Å². The van der Waals surface area contributed by atoms with Crippen LogP contribution < -0.4 is 0 Å². The highest BCUT2D eigenvalue weighted by atomic mass is 19.3. The van der Waals surface area contributed by atoms with E-state index in [1.807, 2.05) is 60.7 Å². The third-order valence-corrected chi connectivity index (χ3v) is 3.26. The predicted octanol–water partition coefficient (Wildman–Crippen LogP) is 4.10. The molecule has 130 valence electrons. The fourth-order valence-electron chi connectivity index (χ4n) is 2.10. The summed E-state index contributed by atoms with van der Waals surface area (Å²) in [4.78, 5) is 11.5. The molecule has 0 unspecified atom stereocenters. The minimum atomic E-state index is -2.89. The second-order valence-corrected chi connectivity index (χ2v) is 5.05. The first kappa shape index (κ1) is 18.4. The van der Waals surface area contributed by atoms with E-state index in [1.54, 1.807) is 6.92 Å². The first-order chi connectivity index (χ1) is 12.1. The number of esters is 1. The van der Waals surface area contributed by atoms with Crippen molar-refractivity contribution in [1.82, 2.24) is 0 Å². The molecule has 0 amide bonds. The maximum atomic E-state index is 13.1. The predicted molar refractivity (Wildman–Crippen MR) is 93.2 cm³/mol. The van der Waals surface area contributed by atoms with Crippen LogP contribution in [-0.4, -0.2) is 30.4 Å². The number of nitrogens with zero attached hydrogens (tertiary/aromatic N) is 2. The minimum absolute atomic E-state index is 0.123. The van der Waals surface area contributed by atoms with Crippen LogP contribution in [0.1, 0.15) is 24.5 Å². The molecule has 0 saturated heterocycles. The zero-order valence-corrected chi connectivity index (χ0v) is 13.7. The number of hydrogen-bond acceptors (Lipinski definition) is 4.